The predicted molar refractivity (Wildman–Crippen MR) is 33.5 cm³/mol. The molecular formula is C7H11N. The highest BCUT2D eigenvalue weighted by Crippen LogP contribution is 2.32. The van der Waals surface area contributed by atoms with Crippen LogP contribution >= 0.6 is 0 Å². The van der Waals surface area contributed by atoms with Crippen molar-refractivity contribution in [2.75, 3.05) is 0 Å². The lowest BCUT2D eigenvalue weighted by molar-refractivity contribution is 0.577. The molecule has 0 aromatic heterocycles. The maximum Gasteiger partial charge on any atom is 0.229 e. The maximum absolute atomic E-state index is 6.82. The van der Waals surface area contributed by atoms with Crippen molar-refractivity contribution in [3.8, 4) is 0 Å². The largest absolute Gasteiger partial charge is 0.311 e. The van der Waals surface area contributed by atoms with E-state index in [9.17, 15) is 0 Å². The van der Waals surface area contributed by atoms with Crippen molar-refractivity contribution in [1.82, 2.24) is 0 Å². The summed E-state index contributed by atoms with van der Waals surface area (Å²) in [6, 6.07) is 0. The van der Waals surface area contributed by atoms with E-state index in [1.54, 1.807) is 0 Å². The lowest BCUT2D eigenvalue weighted by Gasteiger charge is -2.05. The number of hydrogen-bond donors (Lipinski definition) is 0. The van der Waals surface area contributed by atoms with Crippen LogP contribution in [0.15, 0.2) is 0 Å². The highest BCUT2D eigenvalue weighted by Gasteiger charge is 2.33. The standard InChI is InChI=1S/C7H11N/c1-7(8-2)5-3-4-6-7/h3-6H2,1H3. The zero-order chi connectivity index (χ0) is 6.04. The van der Waals surface area contributed by atoms with E-state index in [-0.39, 0.29) is 5.54 Å². The first-order chi connectivity index (χ1) is 3.77. The van der Waals surface area contributed by atoms with Gasteiger partial charge >= 0.3 is 0 Å². The summed E-state index contributed by atoms with van der Waals surface area (Å²) in [5.74, 6) is 0. The van der Waals surface area contributed by atoms with Crippen LogP contribution in [0.5, 0.6) is 0 Å². The molecule has 8 heavy (non-hydrogen) atoms. The Kier molecular flexibility index (Phi) is 1.25. The third-order valence-electron chi connectivity index (χ3n) is 1.95. The third kappa shape index (κ3) is 0.838. The molecule has 1 heteroatoms. The molecule has 1 aliphatic carbocycles. The summed E-state index contributed by atoms with van der Waals surface area (Å²) in [5, 5.41) is 0. The van der Waals surface area contributed by atoms with Gasteiger partial charge in [-0.15, -0.1) is 0 Å². The predicted octanol–water partition coefficient (Wildman–Crippen LogP) is 2.24. The second-order valence-electron chi connectivity index (χ2n) is 2.82. The number of hydrogen-bond acceptors (Lipinski definition) is 0. The van der Waals surface area contributed by atoms with Gasteiger partial charge in [-0.1, -0.05) is 0 Å². The van der Waals surface area contributed by atoms with Crippen LogP contribution in [0, 0.1) is 6.57 Å². The molecule has 0 aromatic carbocycles. The van der Waals surface area contributed by atoms with Crippen molar-refractivity contribution in [1.29, 1.82) is 0 Å². The first kappa shape index (κ1) is 5.62. The van der Waals surface area contributed by atoms with Crippen molar-refractivity contribution >= 4 is 0 Å². The van der Waals surface area contributed by atoms with E-state index in [2.05, 4.69) is 11.8 Å². The summed E-state index contributed by atoms with van der Waals surface area (Å²) in [4.78, 5) is 3.57. The summed E-state index contributed by atoms with van der Waals surface area (Å²) < 4.78 is 0. The molecule has 0 N–H and O–H groups in total. The van der Waals surface area contributed by atoms with Crippen LogP contribution in [0.1, 0.15) is 32.6 Å². The third-order valence-corrected chi connectivity index (χ3v) is 1.95. The van der Waals surface area contributed by atoms with E-state index >= 15 is 0 Å². The molecule has 0 aromatic rings. The minimum absolute atomic E-state index is 0.0278. The van der Waals surface area contributed by atoms with Crippen LogP contribution in [-0.2, 0) is 0 Å². The molecule has 1 aliphatic rings. The molecule has 0 heterocycles. The van der Waals surface area contributed by atoms with Gasteiger partial charge in [-0.25, -0.2) is 6.57 Å². The number of rotatable bonds is 0. The summed E-state index contributed by atoms with van der Waals surface area (Å²) in [5.41, 5.74) is 0.0278. The fourth-order valence-corrected chi connectivity index (χ4v) is 1.25. The highest BCUT2D eigenvalue weighted by molar-refractivity contribution is 4.97. The molecule has 1 saturated carbocycles. The van der Waals surface area contributed by atoms with E-state index in [4.69, 9.17) is 6.57 Å². The summed E-state index contributed by atoms with van der Waals surface area (Å²) in [6.07, 6.45) is 4.77. The normalized spacial score (nSPS) is 25.0. The van der Waals surface area contributed by atoms with Crippen LogP contribution in [-0.4, -0.2) is 5.54 Å². The average Bonchev–Trinajstić information content (AvgIpc) is 2.17. The van der Waals surface area contributed by atoms with Gasteiger partial charge < -0.3 is 4.85 Å². The molecule has 0 amide bonds. The molecule has 0 bridgehead atoms. The second kappa shape index (κ2) is 1.78. The van der Waals surface area contributed by atoms with Crippen molar-refractivity contribution in [3.05, 3.63) is 11.4 Å². The molecular weight excluding hydrogens is 98.1 g/mol. The van der Waals surface area contributed by atoms with E-state index in [1.165, 1.54) is 12.8 Å². The molecule has 0 aliphatic heterocycles. The molecule has 0 atom stereocenters. The first-order valence-electron chi connectivity index (χ1n) is 3.15. The molecule has 1 nitrogen and oxygen atoms in total. The summed E-state index contributed by atoms with van der Waals surface area (Å²) >= 11 is 0. The Morgan fingerprint density at radius 2 is 1.88 bits per heavy atom. The summed E-state index contributed by atoms with van der Waals surface area (Å²) in [6.45, 7) is 8.88. The van der Waals surface area contributed by atoms with Gasteiger partial charge in [0.15, 0.2) is 0 Å². The Balaban J connectivity index is 2.56. The van der Waals surface area contributed by atoms with E-state index in [0.29, 0.717) is 0 Å². The number of nitrogens with zero attached hydrogens (tertiary/aromatic N) is 1. The van der Waals surface area contributed by atoms with Gasteiger partial charge in [-0.05, 0) is 12.8 Å². The molecule has 1 fully saturated rings. The topological polar surface area (TPSA) is 4.36 Å². The Morgan fingerprint density at radius 3 is 2.12 bits per heavy atom. The quantitative estimate of drug-likeness (QED) is 0.420. The Bertz CT molecular complexity index is 115. The zero-order valence-electron chi connectivity index (χ0n) is 5.28. The van der Waals surface area contributed by atoms with Gasteiger partial charge in [-0.3, -0.25) is 0 Å². The molecule has 0 unspecified atom stereocenters. The van der Waals surface area contributed by atoms with Crippen molar-refractivity contribution in [3.63, 3.8) is 0 Å². The monoisotopic (exact) mass is 109 g/mol. The van der Waals surface area contributed by atoms with Gasteiger partial charge in [0.1, 0.15) is 0 Å². The van der Waals surface area contributed by atoms with Crippen LogP contribution in [0.25, 0.3) is 4.85 Å². The SMILES string of the molecule is [C-]#[N+]C1(C)CCCC1. The van der Waals surface area contributed by atoms with Gasteiger partial charge in [-0.2, -0.15) is 0 Å². The van der Waals surface area contributed by atoms with Gasteiger partial charge in [0, 0.05) is 19.8 Å². The smallest absolute Gasteiger partial charge is 0.229 e. The molecule has 0 saturated heterocycles. The van der Waals surface area contributed by atoms with Gasteiger partial charge in [0.2, 0.25) is 5.54 Å². The van der Waals surface area contributed by atoms with Crippen LogP contribution in [0.4, 0.5) is 0 Å². The molecule has 0 spiro atoms. The van der Waals surface area contributed by atoms with Crippen LogP contribution in [0.3, 0.4) is 0 Å². The zero-order valence-corrected chi connectivity index (χ0v) is 5.28. The van der Waals surface area contributed by atoms with Gasteiger partial charge in [0.25, 0.3) is 0 Å². The van der Waals surface area contributed by atoms with Crippen LogP contribution < -0.4 is 0 Å². The van der Waals surface area contributed by atoms with E-state index < -0.39 is 0 Å². The molecule has 0 radical (unpaired) electrons. The van der Waals surface area contributed by atoms with Gasteiger partial charge in [0.05, 0.1) is 0 Å². The Hall–Kier alpha value is -0.510. The Morgan fingerprint density at radius 1 is 1.38 bits per heavy atom. The fourth-order valence-electron chi connectivity index (χ4n) is 1.25. The fraction of sp³-hybridized carbons (Fsp3) is 0.857. The van der Waals surface area contributed by atoms with E-state index in [1.807, 2.05) is 0 Å². The minimum atomic E-state index is 0.0278. The van der Waals surface area contributed by atoms with Crippen LogP contribution in [0.2, 0.25) is 0 Å². The van der Waals surface area contributed by atoms with Crippen molar-refractivity contribution in [2.24, 2.45) is 0 Å². The lowest BCUT2D eigenvalue weighted by Crippen LogP contribution is -2.11. The lowest BCUT2D eigenvalue weighted by atomic mass is 10.0. The van der Waals surface area contributed by atoms with Crippen molar-refractivity contribution in [2.45, 2.75) is 38.1 Å². The van der Waals surface area contributed by atoms with Crippen molar-refractivity contribution < 1.29 is 0 Å². The molecule has 1 rings (SSSR count). The maximum atomic E-state index is 6.82. The summed E-state index contributed by atoms with van der Waals surface area (Å²) in [7, 11) is 0. The Labute approximate surface area is 50.5 Å². The van der Waals surface area contributed by atoms with E-state index in [0.717, 1.165) is 12.8 Å². The first-order valence-corrected chi connectivity index (χ1v) is 3.15. The highest BCUT2D eigenvalue weighted by atomic mass is 14.8. The average molecular weight is 109 g/mol. The second-order valence-corrected chi connectivity index (χ2v) is 2.82. The minimum Gasteiger partial charge on any atom is -0.311 e. The molecule has 44 valence electrons.